The van der Waals surface area contributed by atoms with Gasteiger partial charge < -0.3 is 14.8 Å². The monoisotopic (exact) mass is 667 g/mol. The predicted molar refractivity (Wildman–Crippen MR) is 189 cm³/mol. The van der Waals surface area contributed by atoms with E-state index in [1.54, 1.807) is 44.3 Å². The van der Waals surface area contributed by atoms with Crippen molar-refractivity contribution in [3.8, 4) is 11.5 Å². The summed E-state index contributed by atoms with van der Waals surface area (Å²) in [6.07, 6.45) is 4.21. The van der Waals surface area contributed by atoms with Gasteiger partial charge in [0.05, 0.1) is 5.02 Å². The van der Waals surface area contributed by atoms with Crippen LogP contribution in [-0.2, 0) is 17.9 Å². The second kappa shape index (κ2) is 14.8. The van der Waals surface area contributed by atoms with Crippen LogP contribution in [0.3, 0.4) is 0 Å². The number of fused-ring (bicyclic) bond motifs is 1. The minimum absolute atomic E-state index is 0.248. The van der Waals surface area contributed by atoms with Crippen LogP contribution in [0.2, 0.25) is 10.0 Å². The number of pyridine rings is 1. The Morgan fingerprint density at radius 3 is 2.43 bits per heavy atom. The van der Waals surface area contributed by atoms with Gasteiger partial charge in [-0.2, -0.15) is 0 Å². The lowest BCUT2D eigenvalue weighted by Gasteiger charge is -2.28. The number of nitrogens with zero attached hydrogens (tertiary/aromatic N) is 2. The van der Waals surface area contributed by atoms with Crippen molar-refractivity contribution in [3.05, 3.63) is 136 Å². The van der Waals surface area contributed by atoms with Crippen LogP contribution in [0.15, 0.2) is 103 Å². The third-order valence-electron chi connectivity index (χ3n) is 8.58. The summed E-state index contributed by atoms with van der Waals surface area (Å²) >= 11 is 13.0. The van der Waals surface area contributed by atoms with Crippen LogP contribution in [0.4, 0.5) is 0 Å². The number of halogens is 2. The number of nitrogens with one attached hydrogen (secondary N) is 1. The molecule has 5 aromatic rings. The third-order valence-corrected chi connectivity index (χ3v) is 9.15. The van der Waals surface area contributed by atoms with Gasteiger partial charge in [0.1, 0.15) is 23.6 Å². The Bertz CT molecular complexity index is 1820. The molecular formula is C39H39Cl2N3O3. The summed E-state index contributed by atoms with van der Waals surface area (Å²) in [5, 5.41) is 5.18. The Balaban J connectivity index is 1.37. The van der Waals surface area contributed by atoms with Crippen LogP contribution in [-0.4, -0.2) is 41.0 Å². The number of amides is 1. The van der Waals surface area contributed by atoms with Gasteiger partial charge in [-0.3, -0.25) is 14.7 Å². The Morgan fingerprint density at radius 2 is 1.66 bits per heavy atom. The van der Waals surface area contributed by atoms with Crippen LogP contribution in [0.1, 0.15) is 54.9 Å². The lowest BCUT2D eigenvalue weighted by molar-refractivity contribution is -0.134. The molecule has 0 radical (unpaired) electrons. The molecular weight excluding hydrogens is 629 g/mol. The molecule has 1 unspecified atom stereocenters. The summed E-state index contributed by atoms with van der Waals surface area (Å²) in [6.45, 7) is 7.26. The van der Waals surface area contributed by atoms with E-state index in [1.165, 1.54) is 18.4 Å². The van der Waals surface area contributed by atoms with E-state index in [0.29, 0.717) is 33.7 Å². The molecule has 4 aromatic carbocycles. The molecule has 1 fully saturated rings. The van der Waals surface area contributed by atoms with E-state index in [-0.39, 0.29) is 18.4 Å². The molecule has 1 aliphatic heterocycles. The molecule has 1 amide bonds. The van der Waals surface area contributed by atoms with Crippen molar-refractivity contribution in [1.82, 2.24) is 15.2 Å². The third kappa shape index (κ3) is 8.07. The van der Waals surface area contributed by atoms with Crippen LogP contribution in [0, 0.1) is 0 Å². The highest BCUT2D eigenvalue weighted by Gasteiger charge is 2.32. The van der Waals surface area contributed by atoms with E-state index in [0.717, 1.165) is 41.7 Å². The standard InChI is InChI=1S/C39H39Cl2N3O3/c1-39(2,47-31-17-15-30(40)16-18-31)38(45)43-24-34(29-13-8-12-28(22-29)25-44-20-6-7-21-44)33-23-35(41)32-14-9-19-42-36(32)37(33)46-26-27-10-4-3-5-11-27/h3-5,8-19,22-23,34H,6-7,20-21,24-26H2,1-2H3,(H,43,45). The molecule has 1 N–H and O–H groups in total. The normalized spacial score (nSPS) is 14.2. The van der Waals surface area contributed by atoms with E-state index in [1.807, 2.05) is 48.5 Å². The van der Waals surface area contributed by atoms with Crippen molar-refractivity contribution in [2.24, 2.45) is 0 Å². The van der Waals surface area contributed by atoms with Gasteiger partial charge >= 0.3 is 0 Å². The Kier molecular flexibility index (Phi) is 10.3. The van der Waals surface area contributed by atoms with Gasteiger partial charge in [0.25, 0.3) is 5.91 Å². The lowest BCUT2D eigenvalue weighted by atomic mass is 9.88. The van der Waals surface area contributed by atoms with Crippen molar-refractivity contribution in [2.75, 3.05) is 19.6 Å². The largest absolute Gasteiger partial charge is 0.486 e. The molecule has 0 saturated carbocycles. The average molecular weight is 669 g/mol. The molecule has 1 saturated heterocycles. The van der Waals surface area contributed by atoms with E-state index in [9.17, 15) is 4.79 Å². The molecule has 0 bridgehead atoms. The van der Waals surface area contributed by atoms with Crippen LogP contribution in [0.25, 0.3) is 10.9 Å². The van der Waals surface area contributed by atoms with E-state index >= 15 is 0 Å². The molecule has 0 aliphatic carbocycles. The number of rotatable bonds is 12. The van der Waals surface area contributed by atoms with E-state index < -0.39 is 5.60 Å². The van der Waals surface area contributed by atoms with Gasteiger partial charge in [0.2, 0.25) is 0 Å². The van der Waals surface area contributed by atoms with Gasteiger partial charge in [0.15, 0.2) is 5.60 Å². The number of ether oxygens (including phenoxy) is 2. The van der Waals surface area contributed by atoms with Crippen molar-refractivity contribution in [2.45, 2.75) is 51.4 Å². The first-order valence-corrected chi connectivity index (χ1v) is 16.8. The molecule has 1 aliphatic rings. The maximum atomic E-state index is 13.7. The summed E-state index contributed by atoms with van der Waals surface area (Å²) in [4.78, 5) is 21.0. The van der Waals surface area contributed by atoms with Crippen LogP contribution in [0.5, 0.6) is 11.5 Å². The zero-order valence-electron chi connectivity index (χ0n) is 26.7. The smallest absolute Gasteiger partial charge is 0.263 e. The lowest BCUT2D eigenvalue weighted by Crippen LogP contribution is -2.47. The summed E-state index contributed by atoms with van der Waals surface area (Å²) in [5.74, 6) is 0.667. The summed E-state index contributed by atoms with van der Waals surface area (Å²) in [5.41, 5.74) is 3.70. The maximum Gasteiger partial charge on any atom is 0.263 e. The highest BCUT2D eigenvalue weighted by molar-refractivity contribution is 6.35. The number of benzene rings is 4. The fourth-order valence-electron chi connectivity index (χ4n) is 6.10. The Hall–Kier alpha value is -4.10. The van der Waals surface area contributed by atoms with Crippen LogP contribution >= 0.6 is 23.2 Å². The molecule has 1 atom stereocenters. The average Bonchev–Trinajstić information content (AvgIpc) is 3.59. The molecule has 1 aromatic heterocycles. The zero-order valence-corrected chi connectivity index (χ0v) is 28.2. The fraction of sp³-hybridized carbons (Fsp3) is 0.282. The number of carbonyl (C=O) groups excluding carboxylic acids is 1. The maximum absolute atomic E-state index is 13.7. The van der Waals surface area contributed by atoms with Crippen molar-refractivity contribution in [1.29, 1.82) is 0 Å². The number of carbonyl (C=O) groups is 1. The van der Waals surface area contributed by atoms with E-state index in [4.69, 9.17) is 37.7 Å². The number of hydrogen-bond acceptors (Lipinski definition) is 5. The van der Waals surface area contributed by atoms with Gasteiger partial charge in [-0.05, 0) is 98.9 Å². The van der Waals surface area contributed by atoms with E-state index in [2.05, 4.69) is 34.5 Å². The predicted octanol–water partition coefficient (Wildman–Crippen LogP) is 8.82. The Morgan fingerprint density at radius 1 is 0.915 bits per heavy atom. The van der Waals surface area contributed by atoms with Crippen molar-refractivity contribution < 1.29 is 14.3 Å². The molecule has 2 heterocycles. The highest BCUT2D eigenvalue weighted by Crippen LogP contribution is 2.41. The van der Waals surface area contributed by atoms with Gasteiger partial charge in [-0.1, -0.05) is 77.8 Å². The number of hydrogen-bond donors (Lipinski definition) is 1. The molecule has 8 heteroatoms. The molecule has 47 heavy (non-hydrogen) atoms. The molecule has 242 valence electrons. The van der Waals surface area contributed by atoms with Crippen LogP contribution < -0.4 is 14.8 Å². The first kappa shape index (κ1) is 32.8. The van der Waals surface area contributed by atoms with Gasteiger partial charge in [-0.25, -0.2) is 0 Å². The summed E-state index contributed by atoms with van der Waals surface area (Å²) < 4.78 is 12.7. The zero-order chi connectivity index (χ0) is 32.8. The van der Waals surface area contributed by atoms with Crippen molar-refractivity contribution >= 4 is 40.0 Å². The minimum Gasteiger partial charge on any atom is -0.486 e. The summed E-state index contributed by atoms with van der Waals surface area (Å²) in [6, 6.07) is 31.4. The molecule has 0 spiro atoms. The van der Waals surface area contributed by atoms with Gasteiger partial charge in [0, 0.05) is 41.2 Å². The first-order valence-electron chi connectivity index (χ1n) is 16.0. The Labute approximate surface area is 286 Å². The number of likely N-dealkylation sites (tertiary alicyclic amines) is 1. The second-order valence-corrected chi connectivity index (χ2v) is 13.4. The number of aromatic nitrogens is 1. The van der Waals surface area contributed by atoms with Crippen molar-refractivity contribution in [3.63, 3.8) is 0 Å². The quantitative estimate of drug-likeness (QED) is 0.144. The molecule has 6 rings (SSSR count). The fourth-order valence-corrected chi connectivity index (χ4v) is 6.50. The summed E-state index contributed by atoms with van der Waals surface area (Å²) in [7, 11) is 0. The molecule has 6 nitrogen and oxygen atoms in total. The highest BCUT2D eigenvalue weighted by atomic mass is 35.5. The SMILES string of the molecule is CC(C)(Oc1ccc(Cl)cc1)C(=O)NCC(c1cccc(CN2CCCC2)c1)c1cc(Cl)c2cccnc2c1OCc1ccccc1. The minimum atomic E-state index is -1.15. The van der Waals surface area contributed by atoms with Gasteiger partial charge in [-0.15, -0.1) is 0 Å². The first-order chi connectivity index (χ1) is 22.8. The second-order valence-electron chi connectivity index (χ2n) is 12.5. The topological polar surface area (TPSA) is 63.7 Å².